The molecule has 1 aromatic carbocycles. The maximum Gasteiger partial charge on any atom is 0.0396 e. The fourth-order valence-electron chi connectivity index (χ4n) is 2.55. The molecular formula is C14H22N2. The minimum absolute atomic E-state index is 0.456. The number of benzene rings is 1. The van der Waals surface area contributed by atoms with Gasteiger partial charge in [-0.05, 0) is 49.8 Å². The summed E-state index contributed by atoms with van der Waals surface area (Å²) in [6.45, 7) is 5.46. The van der Waals surface area contributed by atoms with Crippen LogP contribution < -0.4 is 10.6 Å². The lowest BCUT2D eigenvalue weighted by atomic mass is 9.80. The van der Waals surface area contributed by atoms with Crippen molar-refractivity contribution in [3.05, 3.63) is 29.3 Å². The molecule has 1 saturated carbocycles. The van der Waals surface area contributed by atoms with Gasteiger partial charge < -0.3 is 10.6 Å². The Bertz CT molecular complexity index is 367. The first kappa shape index (κ1) is 11.5. The van der Waals surface area contributed by atoms with E-state index in [1.807, 2.05) is 0 Å². The molecule has 0 atom stereocenters. The third-order valence-corrected chi connectivity index (χ3v) is 3.58. The third-order valence-electron chi connectivity index (χ3n) is 3.58. The molecule has 0 heterocycles. The molecule has 88 valence electrons. The van der Waals surface area contributed by atoms with Gasteiger partial charge in [-0.1, -0.05) is 12.1 Å². The Balaban J connectivity index is 2.02. The first-order valence-electron chi connectivity index (χ1n) is 6.10. The molecular weight excluding hydrogens is 196 g/mol. The summed E-state index contributed by atoms with van der Waals surface area (Å²) < 4.78 is 0. The van der Waals surface area contributed by atoms with Crippen molar-refractivity contribution in [3.8, 4) is 0 Å². The van der Waals surface area contributed by atoms with Crippen LogP contribution in [0.25, 0.3) is 0 Å². The van der Waals surface area contributed by atoms with Crippen molar-refractivity contribution in [2.45, 2.75) is 32.7 Å². The number of rotatable bonds is 3. The Kier molecular flexibility index (Phi) is 3.20. The summed E-state index contributed by atoms with van der Waals surface area (Å²) >= 11 is 0. The first-order valence-corrected chi connectivity index (χ1v) is 6.10. The molecule has 1 aromatic rings. The maximum atomic E-state index is 5.82. The molecule has 2 N–H and O–H groups in total. The van der Waals surface area contributed by atoms with Gasteiger partial charge in [0.25, 0.3) is 0 Å². The zero-order valence-corrected chi connectivity index (χ0v) is 10.5. The van der Waals surface area contributed by atoms with Gasteiger partial charge in [-0.25, -0.2) is 0 Å². The van der Waals surface area contributed by atoms with Gasteiger partial charge in [0.05, 0.1) is 0 Å². The van der Waals surface area contributed by atoms with Crippen LogP contribution in [0.3, 0.4) is 0 Å². The minimum Gasteiger partial charge on any atom is -0.374 e. The maximum absolute atomic E-state index is 5.82. The van der Waals surface area contributed by atoms with Gasteiger partial charge in [0.1, 0.15) is 0 Å². The van der Waals surface area contributed by atoms with E-state index in [1.54, 1.807) is 0 Å². The van der Waals surface area contributed by atoms with Crippen LogP contribution in [0.5, 0.6) is 0 Å². The minimum atomic E-state index is 0.456. The number of nitrogens with zero attached hydrogens (tertiary/aromatic N) is 1. The van der Waals surface area contributed by atoms with Crippen LogP contribution in [0.15, 0.2) is 18.2 Å². The lowest BCUT2D eigenvalue weighted by Crippen LogP contribution is -2.42. The lowest BCUT2D eigenvalue weighted by Gasteiger charge is -2.36. The zero-order valence-electron chi connectivity index (χ0n) is 10.5. The Labute approximate surface area is 98.4 Å². The van der Waals surface area contributed by atoms with Gasteiger partial charge in [0.15, 0.2) is 0 Å². The SMILES string of the molecule is Cc1ccc(C)c(N(C)CC2CC(N)C2)c1. The zero-order chi connectivity index (χ0) is 11.7. The number of nitrogens with two attached hydrogens (primary N) is 1. The van der Waals surface area contributed by atoms with Crippen molar-refractivity contribution in [2.24, 2.45) is 11.7 Å². The van der Waals surface area contributed by atoms with E-state index in [0.717, 1.165) is 12.5 Å². The van der Waals surface area contributed by atoms with Crippen LogP contribution in [0, 0.1) is 19.8 Å². The van der Waals surface area contributed by atoms with Crippen LogP contribution in [-0.4, -0.2) is 19.6 Å². The van der Waals surface area contributed by atoms with Crippen molar-refractivity contribution >= 4 is 5.69 Å². The highest BCUT2D eigenvalue weighted by Gasteiger charge is 2.26. The molecule has 0 aromatic heterocycles. The Hall–Kier alpha value is -1.02. The molecule has 0 bridgehead atoms. The summed E-state index contributed by atoms with van der Waals surface area (Å²) in [4.78, 5) is 2.37. The second-order valence-electron chi connectivity index (χ2n) is 5.27. The molecule has 0 spiro atoms. The van der Waals surface area contributed by atoms with E-state index in [4.69, 9.17) is 5.73 Å². The molecule has 2 rings (SSSR count). The van der Waals surface area contributed by atoms with Crippen molar-refractivity contribution < 1.29 is 0 Å². The molecule has 1 aliphatic carbocycles. The van der Waals surface area contributed by atoms with Crippen LogP contribution in [0.1, 0.15) is 24.0 Å². The van der Waals surface area contributed by atoms with Gasteiger partial charge in [-0.15, -0.1) is 0 Å². The van der Waals surface area contributed by atoms with E-state index in [-0.39, 0.29) is 0 Å². The van der Waals surface area contributed by atoms with Crippen LogP contribution >= 0.6 is 0 Å². The Morgan fingerprint density at radius 3 is 2.62 bits per heavy atom. The molecule has 2 heteroatoms. The van der Waals surface area contributed by atoms with Crippen molar-refractivity contribution in [2.75, 3.05) is 18.5 Å². The predicted molar refractivity (Wildman–Crippen MR) is 69.9 cm³/mol. The van der Waals surface area contributed by atoms with Crippen LogP contribution in [0.2, 0.25) is 0 Å². The van der Waals surface area contributed by atoms with Gasteiger partial charge in [-0.2, -0.15) is 0 Å². The quantitative estimate of drug-likeness (QED) is 0.844. The molecule has 0 aliphatic heterocycles. The van der Waals surface area contributed by atoms with Gasteiger partial charge in [0.2, 0.25) is 0 Å². The number of anilines is 1. The second kappa shape index (κ2) is 4.46. The summed E-state index contributed by atoms with van der Waals surface area (Å²) in [6, 6.07) is 7.10. The molecule has 0 unspecified atom stereocenters. The predicted octanol–water partition coefficient (Wildman–Crippen LogP) is 2.48. The summed E-state index contributed by atoms with van der Waals surface area (Å²) in [5.74, 6) is 0.792. The summed E-state index contributed by atoms with van der Waals surface area (Å²) in [7, 11) is 2.19. The highest BCUT2D eigenvalue weighted by Crippen LogP contribution is 2.29. The molecule has 1 aliphatic rings. The number of hydrogen-bond donors (Lipinski definition) is 1. The number of aryl methyl sites for hydroxylation is 2. The van der Waals surface area contributed by atoms with Gasteiger partial charge >= 0.3 is 0 Å². The molecule has 0 saturated heterocycles. The van der Waals surface area contributed by atoms with Crippen molar-refractivity contribution in [1.29, 1.82) is 0 Å². The van der Waals surface area contributed by atoms with E-state index in [0.29, 0.717) is 6.04 Å². The molecule has 0 radical (unpaired) electrons. The van der Waals surface area contributed by atoms with Crippen molar-refractivity contribution in [1.82, 2.24) is 0 Å². The number of hydrogen-bond acceptors (Lipinski definition) is 2. The van der Waals surface area contributed by atoms with Crippen molar-refractivity contribution in [3.63, 3.8) is 0 Å². The van der Waals surface area contributed by atoms with Crippen LogP contribution in [-0.2, 0) is 0 Å². The van der Waals surface area contributed by atoms with Crippen LogP contribution in [0.4, 0.5) is 5.69 Å². The van der Waals surface area contributed by atoms with E-state index < -0.39 is 0 Å². The first-order chi connectivity index (χ1) is 7.56. The summed E-state index contributed by atoms with van der Waals surface area (Å²) in [5, 5.41) is 0. The highest BCUT2D eigenvalue weighted by atomic mass is 15.1. The molecule has 2 nitrogen and oxygen atoms in total. The largest absolute Gasteiger partial charge is 0.374 e. The third kappa shape index (κ3) is 2.38. The standard InChI is InChI=1S/C14H22N2/c1-10-4-5-11(2)14(6-10)16(3)9-12-7-13(15)8-12/h4-6,12-13H,7-9,15H2,1-3H3. The molecule has 16 heavy (non-hydrogen) atoms. The highest BCUT2D eigenvalue weighted by molar-refractivity contribution is 5.54. The fourth-order valence-corrected chi connectivity index (χ4v) is 2.55. The Morgan fingerprint density at radius 1 is 1.31 bits per heavy atom. The van der Waals surface area contributed by atoms with Gasteiger partial charge in [0, 0.05) is 25.3 Å². The molecule has 1 fully saturated rings. The second-order valence-corrected chi connectivity index (χ2v) is 5.27. The molecule has 0 amide bonds. The normalized spacial score (nSPS) is 24.0. The Morgan fingerprint density at radius 2 is 2.00 bits per heavy atom. The van der Waals surface area contributed by atoms with E-state index in [9.17, 15) is 0 Å². The van der Waals surface area contributed by atoms with Gasteiger partial charge in [-0.3, -0.25) is 0 Å². The van der Waals surface area contributed by atoms with E-state index >= 15 is 0 Å². The fraction of sp³-hybridized carbons (Fsp3) is 0.571. The summed E-state index contributed by atoms with van der Waals surface area (Å²) in [6.07, 6.45) is 2.38. The average molecular weight is 218 g/mol. The monoisotopic (exact) mass is 218 g/mol. The van der Waals surface area contributed by atoms with E-state index in [2.05, 4.69) is 44.0 Å². The topological polar surface area (TPSA) is 29.3 Å². The lowest BCUT2D eigenvalue weighted by molar-refractivity contribution is 0.271. The van der Waals surface area contributed by atoms with E-state index in [1.165, 1.54) is 29.7 Å². The smallest absolute Gasteiger partial charge is 0.0396 e. The average Bonchev–Trinajstić information content (AvgIpc) is 2.19. The summed E-state index contributed by atoms with van der Waals surface area (Å²) in [5.41, 5.74) is 9.87.